The summed E-state index contributed by atoms with van der Waals surface area (Å²) in [5.74, 6) is 0.127. The van der Waals surface area contributed by atoms with Crippen molar-refractivity contribution in [3.8, 4) is 11.5 Å². The lowest BCUT2D eigenvalue weighted by Gasteiger charge is -2.11. The molecule has 0 unspecified atom stereocenters. The van der Waals surface area contributed by atoms with Crippen LogP contribution >= 0.6 is 0 Å². The van der Waals surface area contributed by atoms with Crippen molar-refractivity contribution in [2.45, 2.75) is 0 Å². The van der Waals surface area contributed by atoms with Crippen molar-refractivity contribution >= 4 is 17.6 Å². The summed E-state index contributed by atoms with van der Waals surface area (Å²) in [6, 6.07) is 22.2. The normalized spacial score (nSPS) is 10.0. The van der Waals surface area contributed by atoms with E-state index in [1.165, 1.54) is 0 Å². The van der Waals surface area contributed by atoms with Crippen LogP contribution in [0.5, 0.6) is 11.5 Å². The van der Waals surface area contributed by atoms with Crippen molar-refractivity contribution in [3.05, 3.63) is 90.0 Å². The molecule has 3 aromatic rings. The molecule has 0 bridgehead atoms. The highest BCUT2D eigenvalue weighted by molar-refractivity contribution is 6.05. The zero-order valence-electron chi connectivity index (χ0n) is 14.1. The fourth-order valence-corrected chi connectivity index (χ4v) is 2.33. The first-order valence-corrected chi connectivity index (χ1v) is 7.99. The van der Waals surface area contributed by atoms with E-state index in [2.05, 4.69) is 5.32 Å². The SMILES string of the molecule is COc1ccc(C(=O)Oc2ccccc2NC(=O)c2ccccc2)cc1. The summed E-state index contributed by atoms with van der Waals surface area (Å²) in [6.45, 7) is 0. The third kappa shape index (κ3) is 4.08. The van der Waals surface area contributed by atoms with E-state index < -0.39 is 5.97 Å². The maximum atomic E-state index is 12.3. The van der Waals surface area contributed by atoms with E-state index in [1.54, 1.807) is 79.9 Å². The molecule has 0 fully saturated rings. The summed E-state index contributed by atoms with van der Waals surface area (Å²) < 4.78 is 10.5. The van der Waals surface area contributed by atoms with E-state index in [1.807, 2.05) is 6.07 Å². The number of rotatable bonds is 5. The lowest BCUT2D eigenvalue weighted by Crippen LogP contribution is -2.14. The van der Waals surface area contributed by atoms with Crippen LogP contribution in [-0.2, 0) is 0 Å². The summed E-state index contributed by atoms with van der Waals surface area (Å²) in [4.78, 5) is 24.7. The van der Waals surface area contributed by atoms with Crippen LogP contribution in [0, 0.1) is 0 Å². The lowest BCUT2D eigenvalue weighted by atomic mass is 10.2. The second kappa shape index (κ2) is 7.98. The standard InChI is InChI=1S/C21H17NO4/c1-25-17-13-11-16(12-14-17)21(24)26-19-10-6-5-9-18(19)22-20(23)15-7-3-2-4-8-15/h2-14H,1H3,(H,22,23). The molecular weight excluding hydrogens is 330 g/mol. The molecule has 0 aliphatic carbocycles. The number of para-hydroxylation sites is 2. The highest BCUT2D eigenvalue weighted by Gasteiger charge is 2.14. The molecule has 26 heavy (non-hydrogen) atoms. The number of anilines is 1. The Kier molecular flexibility index (Phi) is 5.29. The summed E-state index contributed by atoms with van der Waals surface area (Å²) in [5.41, 5.74) is 1.32. The highest BCUT2D eigenvalue weighted by atomic mass is 16.5. The molecule has 1 N–H and O–H groups in total. The Bertz CT molecular complexity index is 905. The second-order valence-corrected chi connectivity index (χ2v) is 5.43. The van der Waals surface area contributed by atoms with E-state index in [0.29, 0.717) is 22.6 Å². The quantitative estimate of drug-likeness (QED) is 0.556. The Morgan fingerprint density at radius 2 is 1.42 bits per heavy atom. The van der Waals surface area contributed by atoms with Gasteiger partial charge in [0.1, 0.15) is 5.75 Å². The number of esters is 1. The van der Waals surface area contributed by atoms with Crippen LogP contribution in [0.1, 0.15) is 20.7 Å². The van der Waals surface area contributed by atoms with Crippen LogP contribution in [0.25, 0.3) is 0 Å². The molecule has 0 aliphatic rings. The van der Waals surface area contributed by atoms with Crippen molar-refractivity contribution in [2.24, 2.45) is 0 Å². The van der Waals surface area contributed by atoms with Crippen molar-refractivity contribution in [1.82, 2.24) is 0 Å². The molecule has 0 aliphatic heterocycles. The fraction of sp³-hybridized carbons (Fsp3) is 0.0476. The van der Waals surface area contributed by atoms with Crippen LogP contribution in [-0.4, -0.2) is 19.0 Å². The van der Waals surface area contributed by atoms with Gasteiger partial charge in [-0.3, -0.25) is 4.79 Å². The number of carbonyl (C=O) groups is 2. The van der Waals surface area contributed by atoms with Gasteiger partial charge in [0.05, 0.1) is 18.4 Å². The van der Waals surface area contributed by atoms with Crippen molar-refractivity contribution in [2.75, 3.05) is 12.4 Å². The fourth-order valence-electron chi connectivity index (χ4n) is 2.33. The number of benzene rings is 3. The van der Waals surface area contributed by atoms with Crippen molar-refractivity contribution < 1.29 is 19.1 Å². The number of hydrogen-bond acceptors (Lipinski definition) is 4. The summed E-state index contributed by atoms with van der Waals surface area (Å²) >= 11 is 0. The van der Waals surface area contributed by atoms with Crippen molar-refractivity contribution in [3.63, 3.8) is 0 Å². The van der Waals surface area contributed by atoms with Gasteiger partial charge in [-0.1, -0.05) is 30.3 Å². The van der Waals surface area contributed by atoms with E-state index in [-0.39, 0.29) is 11.7 Å². The Balaban J connectivity index is 1.76. The van der Waals surface area contributed by atoms with Crippen LogP contribution in [0.3, 0.4) is 0 Å². The van der Waals surface area contributed by atoms with E-state index in [4.69, 9.17) is 9.47 Å². The second-order valence-electron chi connectivity index (χ2n) is 5.43. The van der Waals surface area contributed by atoms with E-state index in [9.17, 15) is 9.59 Å². The van der Waals surface area contributed by atoms with Gasteiger partial charge in [0, 0.05) is 5.56 Å². The number of amides is 1. The molecule has 5 heteroatoms. The number of carbonyl (C=O) groups excluding carboxylic acids is 2. The number of methoxy groups -OCH3 is 1. The van der Waals surface area contributed by atoms with E-state index in [0.717, 1.165) is 0 Å². The number of nitrogens with one attached hydrogen (secondary N) is 1. The zero-order valence-corrected chi connectivity index (χ0v) is 14.1. The molecule has 0 spiro atoms. The first-order chi connectivity index (χ1) is 12.7. The minimum absolute atomic E-state index is 0.276. The number of hydrogen-bond donors (Lipinski definition) is 1. The molecule has 0 atom stereocenters. The summed E-state index contributed by atoms with van der Waals surface area (Å²) in [6.07, 6.45) is 0. The van der Waals surface area contributed by atoms with Crippen LogP contribution in [0.2, 0.25) is 0 Å². The maximum Gasteiger partial charge on any atom is 0.343 e. The Labute approximate surface area is 151 Å². The van der Waals surface area contributed by atoms with Gasteiger partial charge in [0.25, 0.3) is 5.91 Å². The zero-order chi connectivity index (χ0) is 18.4. The van der Waals surface area contributed by atoms with Crippen LogP contribution in [0.15, 0.2) is 78.9 Å². The monoisotopic (exact) mass is 347 g/mol. The predicted molar refractivity (Wildman–Crippen MR) is 98.8 cm³/mol. The van der Waals surface area contributed by atoms with Crippen LogP contribution in [0.4, 0.5) is 5.69 Å². The molecule has 0 aromatic heterocycles. The van der Waals surface area contributed by atoms with Gasteiger partial charge in [-0.15, -0.1) is 0 Å². The lowest BCUT2D eigenvalue weighted by molar-refractivity contribution is 0.0734. The number of ether oxygens (including phenoxy) is 2. The molecule has 3 rings (SSSR count). The smallest absolute Gasteiger partial charge is 0.343 e. The topological polar surface area (TPSA) is 64.6 Å². The van der Waals surface area contributed by atoms with Gasteiger partial charge in [-0.2, -0.15) is 0 Å². The van der Waals surface area contributed by atoms with E-state index >= 15 is 0 Å². The predicted octanol–water partition coefficient (Wildman–Crippen LogP) is 4.17. The average molecular weight is 347 g/mol. The van der Waals surface area contributed by atoms with Gasteiger partial charge < -0.3 is 14.8 Å². The molecule has 3 aromatic carbocycles. The summed E-state index contributed by atoms with van der Waals surface area (Å²) in [7, 11) is 1.55. The third-order valence-electron chi connectivity index (χ3n) is 3.70. The molecule has 1 amide bonds. The summed E-state index contributed by atoms with van der Waals surface area (Å²) in [5, 5.41) is 2.77. The Hall–Kier alpha value is -3.60. The Morgan fingerprint density at radius 3 is 2.12 bits per heavy atom. The average Bonchev–Trinajstić information content (AvgIpc) is 2.70. The first-order valence-electron chi connectivity index (χ1n) is 7.99. The van der Waals surface area contributed by atoms with Gasteiger partial charge in [0.15, 0.2) is 5.75 Å². The molecule has 5 nitrogen and oxygen atoms in total. The minimum atomic E-state index is -0.519. The van der Waals surface area contributed by atoms with Gasteiger partial charge >= 0.3 is 5.97 Å². The molecule has 0 saturated carbocycles. The maximum absolute atomic E-state index is 12.3. The largest absolute Gasteiger partial charge is 0.497 e. The Morgan fingerprint density at radius 1 is 0.769 bits per heavy atom. The molecule has 0 radical (unpaired) electrons. The van der Waals surface area contributed by atoms with Crippen molar-refractivity contribution in [1.29, 1.82) is 0 Å². The molecule has 130 valence electrons. The highest BCUT2D eigenvalue weighted by Crippen LogP contribution is 2.25. The minimum Gasteiger partial charge on any atom is -0.497 e. The van der Waals surface area contributed by atoms with Gasteiger partial charge in [-0.25, -0.2) is 4.79 Å². The van der Waals surface area contributed by atoms with Crippen LogP contribution < -0.4 is 14.8 Å². The van der Waals surface area contributed by atoms with Gasteiger partial charge in [0.2, 0.25) is 0 Å². The third-order valence-corrected chi connectivity index (χ3v) is 3.70. The molecule has 0 heterocycles. The first kappa shape index (κ1) is 17.2. The molecular formula is C21H17NO4. The molecule has 0 saturated heterocycles. The van der Waals surface area contributed by atoms with Gasteiger partial charge in [-0.05, 0) is 48.5 Å².